The Morgan fingerprint density at radius 1 is 1.28 bits per heavy atom. The molecule has 2 aliphatic carbocycles. The molecule has 6 atom stereocenters. The zero-order valence-electron chi connectivity index (χ0n) is 15.4. The van der Waals surface area contributed by atoms with Crippen LogP contribution in [0.25, 0.3) is 0 Å². The molecule has 0 unspecified atom stereocenters. The summed E-state index contributed by atoms with van der Waals surface area (Å²) in [6, 6.07) is 0. The molecule has 138 valence electrons. The second kappa shape index (κ2) is 5.40. The Morgan fingerprint density at radius 2 is 2.04 bits per heavy atom. The summed E-state index contributed by atoms with van der Waals surface area (Å²) in [4.78, 5) is 12.0. The Bertz CT molecular complexity index is 658. The first kappa shape index (κ1) is 17.2. The van der Waals surface area contributed by atoms with Crippen molar-refractivity contribution < 1.29 is 19.4 Å². The number of carbonyl (C=O) groups is 1. The SMILES string of the molecule is C[C@@]12CCC(=N)[C@@](C)(CO)[C@H]1CC[C@@]1(C)O[C@H](C3=CCOC3=O)C[C@@H]21. The van der Waals surface area contributed by atoms with Crippen LogP contribution >= 0.6 is 0 Å². The van der Waals surface area contributed by atoms with Crippen molar-refractivity contribution in [3.8, 4) is 0 Å². The Morgan fingerprint density at radius 3 is 2.68 bits per heavy atom. The van der Waals surface area contributed by atoms with Crippen LogP contribution in [-0.2, 0) is 14.3 Å². The lowest BCUT2D eigenvalue weighted by Crippen LogP contribution is -2.60. The van der Waals surface area contributed by atoms with Gasteiger partial charge in [-0.1, -0.05) is 13.8 Å². The average Bonchev–Trinajstić information content (AvgIpc) is 3.15. The second-order valence-electron chi connectivity index (χ2n) is 9.12. The van der Waals surface area contributed by atoms with E-state index in [1.54, 1.807) is 0 Å². The van der Waals surface area contributed by atoms with E-state index in [1.165, 1.54) is 0 Å². The third-order valence-electron chi connectivity index (χ3n) is 7.92. The minimum Gasteiger partial charge on any atom is -0.458 e. The lowest BCUT2D eigenvalue weighted by atomic mass is 9.45. The number of hydrogen-bond acceptors (Lipinski definition) is 5. The first-order chi connectivity index (χ1) is 11.7. The molecule has 2 aliphatic heterocycles. The van der Waals surface area contributed by atoms with E-state index in [4.69, 9.17) is 14.9 Å². The molecule has 4 aliphatic rings. The van der Waals surface area contributed by atoms with Gasteiger partial charge < -0.3 is 20.0 Å². The van der Waals surface area contributed by atoms with Gasteiger partial charge in [0.2, 0.25) is 0 Å². The van der Waals surface area contributed by atoms with Crippen LogP contribution in [0.1, 0.15) is 52.9 Å². The molecule has 25 heavy (non-hydrogen) atoms. The van der Waals surface area contributed by atoms with Crippen LogP contribution < -0.4 is 0 Å². The zero-order valence-corrected chi connectivity index (χ0v) is 15.4. The van der Waals surface area contributed by atoms with E-state index in [2.05, 4.69) is 20.8 Å². The van der Waals surface area contributed by atoms with Crippen molar-refractivity contribution >= 4 is 11.7 Å². The topological polar surface area (TPSA) is 79.6 Å². The fraction of sp³-hybridized carbons (Fsp3) is 0.800. The van der Waals surface area contributed by atoms with E-state index >= 15 is 0 Å². The summed E-state index contributed by atoms with van der Waals surface area (Å²) in [5.74, 6) is 0.382. The molecular formula is C20H29NO4. The number of hydrogen-bond donors (Lipinski definition) is 2. The van der Waals surface area contributed by atoms with E-state index < -0.39 is 5.41 Å². The highest BCUT2D eigenvalue weighted by molar-refractivity contribution is 5.91. The molecule has 4 rings (SSSR count). The minimum atomic E-state index is -0.433. The number of nitrogens with one attached hydrogen (secondary N) is 1. The van der Waals surface area contributed by atoms with Gasteiger partial charge in [0, 0.05) is 11.1 Å². The van der Waals surface area contributed by atoms with Crippen LogP contribution in [0.4, 0.5) is 0 Å². The maximum absolute atomic E-state index is 12.0. The van der Waals surface area contributed by atoms with Crippen LogP contribution in [0.3, 0.4) is 0 Å². The summed E-state index contributed by atoms with van der Waals surface area (Å²) in [7, 11) is 0. The normalized spacial score (nSPS) is 49.4. The lowest BCUT2D eigenvalue weighted by molar-refractivity contribution is -0.145. The van der Waals surface area contributed by atoms with Crippen LogP contribution in [0.2, 0.25) is 0 Å². The number of esters is 1. The summed E-state index contributed by atoms with van der Waals surface area (Å²) >= 11 is 0. The molecule has 0 aromatic rings. The van der Waals surface area contributed by atoms with Gasteiger partial charge in [-0.2, -0.15) is 0 Å². The van der Waals surface area contributed by atoms with E-state index in [0.717, 1.165) is 32.1 Å². The molecule has 0 radical (unpaired) electrons. The highest BCUT2D eigenvalue weighted by Crippen LogP contribution is 2.65. The zero-order chi connectivity index (χ0) is 18.0. The Balaban J connectivity index is 1.68. The van der Waals surface area contributed by atoms with Crippen LogP contribution in [0.5, 0.6) is 0 Å². The maximum Gasteiger partial charge on any atom is 0.336 e. The number of fused-ring (bicyclic) bond motifs is 3. The summed E-state index contributed by atoms with van der Waals surface area (Å²) in [5, 5.41) is 18.5. The molecule has 0 aromatic carbocycles. The van der Waals surface area contributed by atoms with Gasteiger partial charge in [-0.05, 0) is 62.4 Å². The summed E-state index contributed by atoms with van der Waals surface area (Å²) < 4.78 is 11.6. The maximum atomic E-state index is 12.0. The molecule has 2 heterocycles. The standard InChI is InChI=1S/C20H29NO4/c1-18-7-5-16(21)19(2,11-22)14(18)4-8-20(3)15(18)10-13(25-20)12-6-9-24-17(12)23/h6,13-15,21-22H,4-5,7-11H2,1-3H3/t13-,14-,15-,18+,19-,20+/m0/s1. The first-order valence-electron chi connectivity index (χ1n) is 9.48. The molecule has 5 nitrogen and oxygen atoms in total. The highest BCUT2D eigenvalue weighted by atomic mass is 16.5. The quantitative estimate of drug-likeness (QED) is 0.753. The summed E-state index contributed by atoms with van der Waals surface area (Å²) in [5.41, 5.74) is 0.725. The fourth-order valence-corrected chi connectivity index (χ4v) is 6.44. The van der Waals surface area contributed by atoms with Crippen molar-refractivity contribution in [2.45, 2.75) is 64.6 Å². The molecular weight excluding hydrogens is 318 g/mol. The Hall–Kier alpha value is -1.20. The summed E-state index contributed by atoms with van der Waals surface area (Å²) in [6.07, 6.45) is 6.10. The molecule has 0 amide bonds. The smallest absolute Gasteiger partial charge is 0.336 e. The molecule has 0 spiro atoms. The number of aliphatic hydroxyl groups is 1. The van der Waals surface area contributed by atoms with E-state index in [9.17, 15) is 9.90 Å². The molecule has 2 saturated carbocycles. The van der Waals surface area contributed by atoms with Crippen molar-refractivity contribution in [1.82, 2.24) is 0 Å². The van der Waals surface area contributed by atoms with Gasteiger partial charge in [0.25, 0.3) is 0 Å². The number of cyclic esters (lactones) is 1. The molecule has 1 saturated heterocycles. The fourth-order valence-electron chi connectivity index (χ4n) is 6.44. The van der Waals surface area contributed by atoms with Gasteiger partial charge in [0.05, 0.1) is 23.9 Å². The first-order valence-corrected chi connectivity index (χ1v) is 9.48. The third kappa shape index (κ3) is 2.21. The summed E-state index contributed by atoms with van der Waals surface area (Å²) in [6.45, 7) is 6.97. The van der Waals surface area contributed by atoms with Crippen molar-refractivity contribution in [2.24, 2.45) is 22.7 Å². The van der Waals surface area contributed by atoms with Crippen LogP contribution in [0, 0.1) is 28.1 Å². The Kier molecular flexibility index (Phi) is 3.72. The molecule has 5 heteroatoms. The number of rotatable bonds is 2. The van der Waals surface area contributed by atoms with Gasteiger partial charge in [0.15, 0.2) is 0 Å². The van der Waals surface area contributed by atoms with Gasteiger partial charge in [0.1, 0.15) is 6.61 Å². The van der Waals surface area contributed by atoms with Crippen molar-refractivity contribution in [3.63, 3.8) is 0 Å². The predicted molar refractivity (Wildman–Crippen MR) is 93.4 cm³/mol. The van der Waals surface area contributed by atoms with Gasteiger partial charge in [-0.15, -0.1) is 0 Å². The van der Waals surface area contributed by atoms with Crippen molar-refractivity contribution in [1.29, 1.82) is 5.41 Å². The van der Waals surface area contributed by atoms with Crippen molar-refractivity contribution in [2.75, 3.05) is 13.2 Å². The average molecular weight is 347 g/mol. The monoisotopic (exact) mass is 347 g/mol. The lowest BCUT2D eigenvalue weighted by Gasteiger charge is -2.60. The predicted octanol–water partition coefficient (Wildman–Crippen LogP) is 2.86. The van der Waals surface area contributed by atoms with Crippen LogP contribution in [0.15, 0.2) is 11.6 Å². The molecule has 2 N–H and O–H groups in total. The number of ether oxygens (including phenoxy) is 2. The minimum absolute atomic E-state index is 0.0207. The Labute approximate surface area is 149 Å². The number of aliphatic hydroxyl groups excluding tert-OH is 1. The van der Waals surface area contributed by atoms with Crippen molar-refractivity contribution in [3.05, 3.63) is 11.6 Å². The van der Waals surface area contributed by atoms with E-state index in [0.29, 0.717) is 23.8 Å². The van der Waals surface area contributed by atoms with Crippen LogP contribution in [-0.4, -0.2) is 41.7 Å². The molecule has 0 aromatic heterocycles. The van der Waals surface area contributed by atoms with E-state index in [1.807, 2.05) is 6.08 Å². The van der Waals surface area contributed by atoms with Gasteiger partial charge >= 0.3 is 5.97 Å². The number of carbonyl (C=O) groups excluding carboxylic acids is 1. The second-order valence-corrected chi connectivity index (χ2v) is 9.12. The van der Waals surface area contributed by atoms with Gasteiger partial charge in [-0.3, -0.25) is 0 Å². The van der Waals surface area contributed by atoms with E-state index in [-0.39, 0.29) is 35.6 Å². The largest absolute Gasteiger partial charge is 0.458 e. The van der Waals surface area contributed by atoms with Gasteiger partial charge in [-0.25, -0.2) is 4.79 Å². The third-order valence-corrected chi connectivity index (χ3v) is 7.92. The highest BCUT2D eigenvalue weighted by Gasteiger charge is 2.64. The molecule has 0 bridgehead atoms. The molecule has 3 fully saturated rings.